The maximum absolute atomic E-state index is 12.1. The highest BCUT2D eigenvalue weighted by molar-refractivity contribution is 5.96. The molecule has 0 radical (unpaired) electrons. The van der Waals surface area contributed by atoms with Crippen molar-refractivity contribution in [3.63, 3.8) is 0 Å². The summed E-state index contributed by atoms with van der Waals surface area (Å²) in [6.45, 7) is 0.202. The van der Waals surface area contributed by atoms with Gasteiger partial charge in [-0.25, -0.2) is 0 Å². The van der Waals surface area contributed by atoms with E-state index in [1.165, 1.54) is 0 Å². The fourth-order valence-corrected chi connectivity index (χ4v) is 3.22. The summed E-state index contributed by atoms with van der Waals surface area (Å²) in [4.78, 5) is 12.1. The van der Waals surface area contributed by atoms with Crippen molar-refractivity contribution in [3.8, 4) is 23.0 Å². The number of anilines is 1. The Morgan fingerprint density at radius 3 is 2.54 bits per heavy atom. The van der Waals surface area contributed by atoms with E-state index in [1.807, 2.05) is 30.3 Å². The van der Waals surface area contributed by atoms with Gasteiger partial charge in [0.1, 0.15) is 0 Å². The topological polar surface area (TPSA) is 66.0 Å². The van der Waals surface area contributed by atoms with E-state index in [1.54, 1.807) is 14.2 Å². The Kier molecular flexibility index (Phi) is 3.45. The van der Waals surface area contributed by atoms with Crippen LogP contribution in [-0.4, -0.2) is 26.9 Å². The van der Waals surface area contributed by atoms with E-state index in [2.05, 4.69) is 5.32 Å². The monoisotopic (exact) mass is 327 g/mol. The van der Waals surface area contributed by atoms with Crippen LogP contribution in [0.5, 0.6) is 23.0 Å². The van der Waals surface area contributed by atoms with E-state index in [-0.39, 0.29) is 18.6 Å². The van der Waals surface area contributed by atoms with Gasteiger partial charge in [-0.3, -0.25) is 4.79 Å². The summed E-state index contributed by atoms with van der Waals surface area (Å²) in [6, 6.07) is 9.49. The molecule has 2 aliphatic rings. The number of ether oxygens (including phenoxy) is 4. The minimum atomic E-state index is -0.0805. The van der Waals surface area contributed by atoms with Gasteiger partial charge in [0.2, 0.25) is 12.7 Å². The number of hydrogen-bond acceptors (Lipinski definition) is 5. The molecule has 24 heavy (non-hydrogen) atoms. The number of nitrogens with one attached hydrogen (secondary N) is 1. The van der Waals surface area contributed by atoms with Crippen molar-refractivity contribution in [1.82, 2.24) is 0 Å². The second-order valence-corrected chi connectivity index (χ2v) is 5.71. The van der Waals surface area contributed by atoms with Crippen LogP contribution in [0.4, 0.5) is 5.69 Å². The predicted molar refractivity (Wildman–Crippen MR) is 87.2 cm³/mol. The molecule has 1 atom stereocenters. The average Bonchev–Trinajstić information content (AvgIpc) is 3.05. The first kappa shape index (κ1) is 14.7. The van der Waals surface area contributed by atoms with Gasteiger partial charge < -0.3 is 24.3 Å². The van der Waals surface area contributed by atoms with Gasteiger partial charge in [-0.1, -0.05) is 6.07 Å². The van der Waals surface area contributed by atoms with Crippen LogP contribution in [-0.2, 0) is 4.79 Å². The zero-order valence-electron chi connectivity index (χ0n) is 13.4. The molecule has 4 rings (SSSR count). The molecule has 0 aromatic heterocycles. The Morgan fingerprint density at radius 2 is 1.79 bits per heavy atom. The number of hydrogen-bond donors (Lipinski definition) is 1. The van der Waals surface area contributed by atoms with Crippen LogP contribution in [0.3, 0.4) is 0 Å². The molecule has 1 amide bonds. The van der Waals surface area contributed by atoms with Crippen LogP contribution in [0.25, 0.3) is 0 Å². The number of methoxy groups -OCH3 is 2. The quantitative estimate of drug-likeness (QED) is 0.939. The molecule has 0 fully saturated rings. The summed E-state index contributed by atoms with van der Waals surface area (Å²) in [7, 11) is 3.20. The van der Waals surface area contributed by atoms with E-state index >= 15 is 0 Å². The minimum absolute atomic E-state index is 0.0267. The van der Waals surface area contributed by atoms with E-state index < -0.39 is 0 Å². The smallest absolute Gasteiger partial charge is 0.231 e. The van der Waals surface area contributed by atoms with Crippen LogP contribution >= 0.6 is 0 Å². The lowest BCUT2D eigenvalue weighted by molar-refractivity contribution is -0.116. The first-order chi connectivity index (χ1) is 11.7. The normalized spacial score (nSPS) is 17.9. The molecule has 0 saturated carbocycles. The molecule has 6 heteroatoms. The highest BCUT2D eigenvalue weighted by Crippen LogP contribution is 2.45. The average molecular weight is 327 g/mol. The Hall–Kier alpha value is -2.89. The molecule has 6 nitrogen and oxygen atoms in total. The number of fused-ring (bicyclic) bond motifs is 2. The molecular weight excluding hydrogens is 310 g/mol. The predicted octanol–water partition coefficient (Wildman–Crippen LogP) is 2.91. The largest absolute Gasteiger partial charge is 0.493 e. The summed E-state index contributed by atoms with van der Waals surface area (Å²) >= 11 is 0. The van der Waals surface area contributed by atoms with Crippen molar-refractivity contribution in [1.29, 1.82) is 0 Å². The molecule has 2 aromatic rings. The van der Waals surface area contributed by atoms with Gasteiger partial charge in [-0.15, -0.1) is 0 Å². The zero-order chi connectivity index (χ0) is 16.7. The van der Waals surface area contributed by atoms with Gasteiger partial charge in [0, 0.05) is 24.1 Å². The van der Waals surface area contributed by atoms with Crippen molar-refractivity contribution in [2.75, 3.05) is 26.3 Å². The molecule has 124 valence electrons. The fraction of sp³-hybridized carbons (Fsp3) is 0.278. The van der Waals surface area contributed by atoms with Crippen molar-refractivity contribution >= 4 is 11.6 Å². The Morgan fingerprint density at radius 1 is 1.04 bits per heavy atom. The molecule has 2 aliphatic heterocycles. The van der Waals surface area contributed by atoms with Gasteiger partial charge in [-0.2, -0.15) is 0 Å². The molecule has 0 unspecified atom stereocenters. The summed E-state index contributed by atoms with van der Waals surface area (Å²) in [5, 5.41) is 2.91. The molecular formula is C18H17NO5. The van der Waals surface area contributed by atoms with Gasteiger partial charge in [-0.05, 0) is 29.3 Å². The fourth-order valence-electron chi connectivity index (χ4n) is 3.22. The highest BCUT2D eigenvalue weighted by Gasteiger charge is 2.30. The van der Waals surface area contributed by atoms with Crippen LogP contribution in [0.2, 0.25) is 0 Å². The summed E-state index contributed by atoms with van der Waals surface area (Å²) in [6.07, 6.45) is 0.363. The number of benzene rings is 2. The molecule has 0 aliphatic carbocycles. The highest BCUT2D eigenvalue weighted by atomic mass is 16.7. The lowest BCUT2D eigenvalue weighted by atomic mass is 9.84. The first-order valence-electron chi connectivity index (χ1n) is 7.65. The SMILES string of the molecule is COc1ccc([C@H]2CC(=O)Nc3cc4c(cc32)OCO4)cc1OC. The Balaban J connectivity index is 1.81. The molecule has 0 saturated heterocycles. The second kappa shape index (κ2) is 5.63. The van der Waals surface area contributed by atoms with E-state index in [0.717, 1.165) is 16.8 Å². The molecule has 1 N–H and O–H groups in total. The number of carbonyl (C=O) groups is 1. The third-order valence-corrected chi connectivity index (χ3v) is 4.39. The van der Waals surface area contributed by atoms with Crippen LogP contribution in [0, 0.1) is 0 Å². The van der Waals surface area contributed by atoms with Gasteiger partial charge in [0.15, 0.2) is 23.0 Å². The van der Waals surface area contributed by atoms with Crippen LogP contribution < -0.4 is 24.3 Å². The van der Waals surface area contributed by atoms with Gasteiger partial charge in [0.05, 0.1) is 14.2 Å². The van der Waals surface area contributed by atoms with E-state index in [0.29, 0.717) is 29.4 Å². The van der Waals surface area contributed by atoms with Crippen LogP contribution in [0.15, 0.2) is 30.3 Å². The van der Waals surface area contributed by atoms with Crippen LogP contribution in [0.1, 0.15) is 23.5 Å². The lowest BCUT2D eigenvalue weighted by Crippen LogP contribution is -2.23. The molecule has 0 bridgehead atoms. The Labute approximate surface area is 139 Å². The molecule has 2 aromatic carbocycles. The van der Waals surface area contributed by atoms with Crippen molar-refractivity contribution < 1.29 is 23.7 Å². The van der Waals surface area contributed by atoms with Crippen molar-refractivity contribution in [3.05, 3.63) is 41.5 Å². The van der Waals surface area contributed by atoms with Gasteiger partial charge >= 0.3 is 0 Å². The molecule has 2 heterocycles. The third kappa shape index (κ3) is 2.31. The Bertz CT molecular complexity index is 817. The zero-order valence-corrected chi connectivity index (χ0v) is 13.4. The number of rotatable bonds is 3. The summed E-state index contributed by atoms with van der Waals surface area (Å²) < 4.78 is 21.5. The number of amides is 1. The summed E-state index contributed by atoms with van der Waals surface area (Å²) in [5.41, 5.74) is 2.75. The number of carbonyl (C=O) groups excluding carboxylic acids is 1. The van der Waals surface area contributed by atoms with Crippen molar-refractivity contribution in [2.24, 2.45) is 0 Å². The maximum atomic E-state index is 12.1. The summed E-state index contributed by atoms with van der Waals surface area (Å²) in [5.74, 6) is 2.55. The minimum Gasteiger partial charge on any atom is -0.493 e. The third-order valence-electron chi connectivity index (χ3n) is 4.39. The van der Waals surface area contributed by atoms with Crippen molar-refractivity contribution in [2.45, 2.75) is 12.3 Å². The molecule has 0 spiro atoms. The standard InChI is InChI=1S/C18H17NO5/c1-21-14-4-3-10(5-15(14)22-2)11-7-18(20)19-13-8-17-16(6-12(11)13)23-9-24-17/h3-6,8,11H,7,9H2,1-2H3,(H,19,20)/t11-/m1/s1. The first-order valence-corrected chi connectivity index (χ1v) is 7.65. The van der Waals surface area contributed by atoms with E-state index in [9.17, 15) is 4.79 Å². The lowest BCUT2D eigenvalue weighted by Gasteiger charge is -2.26. The second-order valence-electron chi connectivity index (χ2n) is 5.71. The van der Waals surface area contributed by atoms with Gasteiger partial charge in [0.25, 0.3) is 0 Å². The maximum Gasteiger partial charge on any atom is 0.231 e. The van der Waals surface area contributed by atoms with E-state index in [4.69, 9.17) is 18.9 Å².